The van der Waals surface area contributed by atoms with Gasteiger partial charge < -0.3 is 5.73 Å². The first-order valence-corrected chi connectivity index (χ1v) is 6.08. The molecule has 94 valence electrons. The topological polar surface area (TPSA) is 111 Å². The van der Waals surface area contributed by atoms with E-state index >= 15 is 0 Å². The quantitative estimate of drug-likeness (QED) is 0.601. The second kappa shape index (κ2) is 6.14. The van der Waals surface area contributed by atoms with E-state index in [0.29, 0.717) is 12.1 Å². The minimum atomic E-state index is -0.811. The number of anilines is 1. The molecule has 0 fully saturated rings. The first-order valence-electron chi connectivity index (χ1n) is 5.20. The van der Waals surface area contributed by atoms with Gasteiger partial charge in [0.05, 0.1) is 0 Å². The molecule has 1 aromatic rings. The molecule has 1 heterocycles. The van der Waals surface area contributed by atoms with Crippen molar-refractivity contribution < 1.29 is 9.72 Å². The molecule has 3 N–H and O–H groups in total. The fourth-order valence-corrected chi connectivity index (χ4v) is 2.12. The van der Waals surface area contributed by atoms with Crippen LogP contribution in [0, 0.1) is 10.1 Å². The van der Waals surface area contributed by atoms with Crippen LogP contribution in [0.5, 0.6) is 0 Å². The highest BCUT2D eigenvalue weighted by Crippen LogP contribution is 2.26. The van der Waals surface area contributed by atoms with Crippen LogP contribution in [-0.4, -0.2) is 15.9 Å². The number of hydrogen-bond acceptors (Lipinski definition) is 5. The van der Waals surface area contributed by atoms with Crippen molar-refractivity contribution in [1.82, 2.24) is 4.98 Å². The highest BCUT2D eigenvalue weighted by atomic mass is 32.1. The van der Waals surface area contributed by atoms with Gasteiger partial charge in [0.15, 0.2) is 5.13 Å². The van der Waals surface area contributed by atoms with E-state index in [9.17, 15) is 14.9 Å². The van der Waals surface area contributed by atoms with Gasteiger partial charge in [-0.15, -0.1) is 11.3 Å². The first-order chi connectivity index (χ1) is 8.04. The average molecular weight is 258 g/mol. The van der Waals surface area contributed by atoms with Crippen LogP contribution in [0.2, 0.25) is 0 Å². The van der Waals surface area contributed by atoms with Crippen LogP contribution in [0.15, 0.2) is 5.38 Å². The summed E-state index contributed by atoms with van der Waals surface area (Å²) in [6.07, 6.45) is 2.10. The number of rotatable bonds is 6. The number of aromatic nitrogens is 1. The molecular formula is C9H14N4O3S. The van der Waals surface area contributed by atoms with Crippen LogP contribution in [0.3, 0.4) is 0 Å². The third-order valence-electron chi connectivity index (χ3n) is 2.18. The zero-order valence-electron chi connectivity index (χ0n) is 9.38. The first kappa shape index (κ1) is 13.4. The van der Waals surface area contributed by atoms with Crippen molar-refractivity contribution in [2.75, 3.05) is 5.32 Å². The number of nitrogens with two attached hydrogens (primary N) is 1. The number of carbonyl (C=O) groups excluding carboxylic acids is 1. The van der Waals surface area contributed by atoms with Gasteiger partial charge in [-0.1, -0.05) is 13.3 Å². The van der Waals surface area contributed by atoms with E-state index in [1.807, 2.05) is 6.92 Å². The predicted octanol–water partition coefficient (Wildman–Crippen LogP) is 2.14. The second-order valence-electron chi connectivity index (χ2n) is 3.51. The SMILES string of the molecule is CCCCC(c1csc(NC(N)=O)n1)[N+](=O)[O-]. The molecule has 0 aliphatic rings. The Kier molecular flexibility index (Phi) is 4.83. The molecule has 0 aromatic carbocycles. The van der Waals surface area contributed by atoms with Crippen molar-refractivity contribution in [1.29, 1.82) is 0 Å². The molecule has 0 aliphatic carbocycles. The molecule has 0 aliphatic heterocycles. The summed E-state index contributed by atoms with van der Waals surface area (Å²) < 4.78 is 0. The van der Waals surface area contributed by atoms with Gasteiger partial charge in [-0.2, -0.15) is 0 Å². The number of urea groups is 1. The normalized spacial score (nSPS) is 12.1. The van der Waals surface area contributed by atoms with Crippen molar-refractivity contribution in [3.8, 4) is 0 Å². The Morgan fingerprint density at radius 3 is 3.00 bits per heavy atom. The van der Waals surface area contributed by atoms with Gasteiger partial charge in [0.25, 0.3) is 6.04 Å². The molecule has 1 aromatic heterocycles. The Morgan fingerprint density at radius 2 is 2.47 bits per heavy atom. The number of nitro groups is 1. The summed E-state index contributed by atoms with van der Waals surface area (Å²) in [6.45, 7) is 1.97. The van der Waals surface area contributed by atoms with Crippen LogP contribution in [-0.2, 0) is 0 Å². The largest absolute Gasteiger partial charge is 0.351 e. The molecule has 1 atom stereocenters. The van der Waals surface area contributed by atoms with Crippen LogP contribution in [0.1, 0.15) is 37.9 Å². The summed E-state index contributed by atoms with van der Waals surface area (Å²) in [5.41, 5.74) is 5.30. The lowest BCUT2D eigenvalue weighted by atomic mass is 10.1. The molecule has 0 saturated heterocycles. The van der Waals surface area contributed by atoms with Gasteiger partial charge >= 0.3 is 6.03 Å². The minimum absolute atomic E-state index is 0.288. The van der Waals surface area contributed by atoms with Gasteiger partial charge in [-0.3, -0.25) is 15.4 Å². The predicted molar refractivity (Wildman–Crippen MR) is 64.6 cm³/mol. The summed E-state index contributed by atoms with van der Waals surface area (Å²) in [5, 5.41) is 15.1. The maximum atomic E-state index is 10.9. The van der Waals surface area contributed by atoms with Gasteiger partial charge in [0, 0.05) is 16.7 Å². The van der Waals surface area contributed by atoms with Crippen molar-refractivity contribution in [3.05, 3.63) is 21.2 Å². The fraction of sp³-hybridized carbons (Fsp3) is 0.556. The van der Waals surface area contributed by atoms with E-state index in [0.717, 1.165) is 24.2 Å². The number of nitrogens with zero attached hydrogens (tertiary/aromatic N) is 2. The number of nitrogens with one attached hydrogen (secondary N) is 1. The van der Waals surface area contributed by atoms with E-state index in [2.05, 4.69) is 10.3 Å². The molecule has 17 heavy (non-hydrogen) atoms. The summed E-state index contributed by atoms with van der Waals surface area (Å²) >= 11 is 1.13. The molecule has 0 bridgehead atoms. The molecule has 7 nitrogen and oxygen atoms in total. The zero-order valence-corrected chi connectivity index (χ0v) is 10.2. The van der Waals surface area contributed by atoms with Crippen molar-refractivity contribution in [2.45, 2.75) is 32.2 Å². The Labute approximate surface area is 102 Å². The zero-order chi connectivity index (χ0) is 12.8. The maximum Gasteiger partial charge on any atom is 0.318 e. The smallest absolute Gasteiger partial charge is 0.318 e. The maximum absolute atomic E-state index is 10.9. The lowest BCUT2D eigenvalue weighted by Gasteiger charge is -2.05. The van der Waals surface area contributed by atoms with E-state index in [-0.39, 0.29) is 10.1 Å². The van der Waals surface area contributed by atoms with Crippen molar-refractivity contribution >= 4 is 22.5 Å². The Morgan fingerprint density at radius 1 is 1.76 bits per heavy atom. The highest BCUT2D eigenvalue weighted by molar-refractivity contribution is 7.13. The lowest BCUT2D eigenvalue weighted by Crippen LogP contribution is -2.19. The molecule has 0 saturated carbocycles. The third-order valence-corrected chi connectivity index (χ3v) is 2.96. The lowest BCUT2D eigenvalue weighted by molar-refractivity contribution is -0.530. The van der Waals surface area contributed by atoms with Gasteiger partial charge in [-0.25, -0.2) is 9.78 Å². The Hall–Kier alpha value is -1.70. The second-order valence-corrected chi connectivity index (χ2v) is 4.37. The number of unbranched alkanes of at least 4 members (excludes halogenated alkanes) is 1. The standard InChI is InChI=1S/C9H14N4O3S/c1-2-3-4-7(13(15)16)6-5-17-9(11-6)12-8(10)14/h5,7H,2-4H2,1H3,(H3,10,11,12,14). The molecular weight excluding hydrogens is 244 g/mol. The summed E-state index contributed by atoms with van der Waals surface area (Å²) in [5.74, 6) is 0. The number of carbonyl (C=O) groups is 1. The summed E-state index contributed by atoms with van der Waals surface area (Å²) in [4.78, 5) is 25.1. The monoisotopic (exact) mass is 258 g/mol. The molecule has 0 spiro atoms. The Balaban J connectivity index is 2.76. The van der Waals surface area contributed by atoms with Crippen LogP contribution in [0.25, 0.3) is 0 Å². The van der Waals surface area contributed by atoms with Gasteiger partial charge in [0.2, 0.25) is 0 Å². The van der Waals surface area contributed by atoms with Crippen molar-refractivity contribution in [3.63, 3.8) is 0 Å². The van der Waals surface area contributed by atoms with E-state index < -0.39 is 12.1 Å². The van der Waals surface area contributed by atoms with Crippen molar-refractivity contribution in [2.24, 2.45) is 5.73 Å². The van der Waals surface area contributed by atoms with Gasteiger partial charge in [0.1, 0.15) is 5.69 Å². The summed E-state index contributed by atoms with van der Waals surface area (Å²) in [7, 11) is 0. The number of hydrogen-bond donors (Lipinski definition) is 2. The number of amides is 2. The Bertz CT molecular complexity index is 407. The highest BCUT2D eigenvalue weighted by Gasteiger charge is 2.25. The van der Waals surface area contributed by atoms with Crippen LogP contribution < -0.4 is 11.1 Å². The fourth-order valence-electron chi connectivity index (χ4n) is 1.36. The molecule has 2 amide bonds. The molecule has 1 rings (SSSR count). The third kappa shape index (κ3) is 3.99. The van der Waals surface area contributed by atoms with Gasteiger partial charge in [-0.05, 0) is 6.42 Å². The molecule has 1 unspecified atom stereocenters. The molecule has 0 radical (unpaired) electrons. The summed E-state index contributed by atoms with van der Waals surface area (Å²) in [6, 6.07) is -1.54. The van der Waals surface area contributed by atoms with Crippen LogP contribution >= 0.6 is 11.3 Å². The van der Waals surface area contributed by atoms with E-state index in [1.54, 1.807) is 5.38 Å². The van der Waals surface area contributed by atoms with Crippen LogP contribution in [0.4, 0.5) is 9.93 Å². The minimum Gasteiger partial charge on any atom is -0.351 e. The number of primary amides is 1. The number of thiazole rings is 1. The molecule has 8 heteroatoms. The average Bonchev–Trinajstić information content (AvgIpc) is 2.65. The van der Waals surface area contributed by atoms with E-state index in [4.69, 9.17) is 5.73 Å². The van der Waals surface area contributed by atoms with E-state index in [1.165, 1.54) is 0 Å².